The third-order valence-electron chi connectivity index (χ3n) is 4.44. The first kappa shape index (κ1) is 12.4. The maximum absolute atomic E-state index is 11.1. The molecule has 0 heterocycles. The second kappa shape index (κ2) is 4.67. The van der Waals surface area contributed by atoms with Gasteiger partial charge in [-0.3, -0.25) is 0 Å². The molecule has 94 valence electrons. The molecular weight excluding hydrogens is 212 g/mol. The van der Waals surface area contributed by atoms with Crippen molar-refractivity contribution < 1.29 is 9.90 Å². The van der Waals surface area contributed by atoms with Gasteiger partial charge in [0.15, 0.2) is 0 Å². The molecule has 0 fully saturated rings. The number of hydrogen-bond acceptors (Lipinski definition) is 1. The number of aliphatic carboxylic acids is 1. The van der Waals surface area contributed by atoms with E-state index in [0.717, 1.165) is 6.42 Å². The van der Waals surface area contributed by atoms with Gasteiger partial charge in [0.05, 0.1) is 0 Å². The van der Waals surface area contributed by atoms with E-state index in [2.05, 4.69) is 20.8 Å². The molecule has 0 radical (unpaired) electrons. The summed E-state index contributed by atoms with van der Waals surface area (Å²) in [6.07, 6.45) is 6.11. The summed E-state index contributed by atoms with van der Waals surface area (Å²) in [7, 11) is 0. The lowest BCUT2D eigenvalue weighted by molar-refractivity contribution is -0.132. The SMILES string of the molecule is CC1=C2CCC(C(=O)O)=CC2C(C(C)C)CC1. The van der Waals surface area contributed by atoms with Crippen LogP contribution in [0.1, 0.15) is 46.5 Å². The molecule has 2 atom stereocenters. The van der Waals surface area contributed by atoms with E-state index in [9.17, 15) is 4.79 Å². The number of rotatable bonds is 2. The van der Waals surface area contributed by atoms with Gasteiger partial charge in [-0.15, -0.1) is 0 Å². The highest BCUT2D eigenvalue weighted by Crippen LogP contribution is 2.44. The van der Waals surface area contributed by atoms with E-state index in [0.29, 0.717) is 29.7 Å². The van der Waals surface area contributed by atoms with Gasteiger partial charge >= 0.3 is 5.97 Å². The quantitative estimate of drug-likeness (QED) is 0.738. The van der Waals surface area contributed by atoms with Crippen molar-refractivity contribution in [2.24, 2.45) is 17.8 Å². The highest BCUT2D eigenvalue weighted by atomic mass is 16.4. The standard InChI is InChI=1S/C15H22O2/c1-9(2)12-6-4-10(3)13-7-5-11(15(16)17)8-14(12)13/h8-9,12,14H,4-7H2,1-3H3,(H,16,17). The maximum atomic E-state index is 11.1. The Morgan fingerprint density at radius 1 is 1.35 bits per heavy atom. The van der Waals surface area contributed by atoms with Crippen molar-refractivity contribution in [2.45, 2.75) is 46.5 Å². The highest BCUT2D eigenvalue weighted by molar-refractivity contribution is 5.87. The number of carboxylic acids is 1. The molecule has 0 aromatic carbocycles. The molecule has 2 nitrogen and oxygen atoms in total. The van der Waals surface area contributed by atoms with Gasteiger partial charge in [0.1, 0.15) is 0 Å². The number of allylic oxidation sites excluding steroid dienone is 3. The van der Waals surface area contributed by atoms with Crippen LogP contribution in [0.3, 0.4) is 0 Å². The zero-order valence-electron chi connectivity index (χ0n) is 11.0. The summed E-state index contributed by atoms with van der Waals surface area (Å²) in [6, 6.07) is 0. The van der Waals surface area contributed by atoms with Gasteiger partial charge in [-0.25, -0.2) is 4.79 Å². The predicted octanol–water partition coefficient (Wildman–Crippen LogP) is 3.79. The lowest BCUT2D eigenvalue weighted by atomic mass is 9.67. The van der Waals surface area contributed by atoms with Crippen molar-refractivity contribution >= 4 is 5.97 Å². The number of hydrogen-bond donors (Lipinski definition) is 1. The number of carboxylic acid groups (broad SMARTS) is 1. The Bertz CT molecular complexity index is 388. The monoisotopic (exact) mass is 234 g/mol. The molecule has 0 aromatic rings. The van der Waals surface area contributed by atoms with E-state index in [-0.39, 0.29) is 0 Å². The number of carbonyl (C=O) groups is 1. The van der Waals surface area contributed by atoms with Crippen molar-refractivity contribution in [1.29, 1.82) is 0 Å². The number of fused-ring (bicyclic) bond motifs is 1. The van der Waals surface area contributed by atoms with E-state index in [4.69, 9.17) is 5.11 Å². The third-order valence-corrected chi connectivity index (χ3v) is 4.44. The average Bonchev–Trinajstić information content (AvgIpc) is 2.28. The van der Waals surface area contributed by atoms with Gasteiger partial charge in [0.2, 0.25) is 0 Å². The Morgan fingerprint density at radius 2 is 2.06 bits per heavy atom. The molecule has 0 spiro atoms. The van der Waals surface area contributed by atoms with Crippen LogP contribution >= 0.6 is 0 Å². The topological polar surface area (TPSA) is 37.3 Å². The van der Waals surface area contributed by atoms with Crippen LogP contribution in [0.25, 0.3) is 0 Å². The van der Waals surface area contributed by atoms with Gasteiger partial charge in [0, 0.05) is 11.5 Å². The minimum Gasteiger partial charge on any atom is -0.478 e. The third kappa shape index (κ3) is 2.31. The summed E-state index contributed by atoms with van der Waals surface area (Å²) in [5, 5.41) is 9.13. The van der Waals surface area contributed by atoms with Gasteiger partial charge in [-0.2, -0.15) is 0 Å². The van der Waals surface area contributed by atoms with E-state index in [1.807, 2.05) is 6.08 Å². The minimum atomic E-state index is -0.727. The van der Waals surface area contributed by atoms with Crippen molar-refractivity contribution in [1.82, 2.24) is 0 Å². The Balaban J connectivity index is 2.36. The molecule has 2 unspecified atom stereocenters. The molecule has 2 aliphatic rings. The van der Waals surface area contributed by atoms with Crippen LogP contribution < -0.4 is 0 Å². The Labute approximate surface area is 103 Å². The van der Waals surface area contributed by atoms with Crippen LogP contribution in [0.5, 0.6) is 0 Å². The molecule has 0 bridgehead atoms. The largest absolute Gasteiger partial charge is 0.478 e. The summed E-state index contributed by atoms with van der Waals surface area (Å²) in [6.45, 7) is 6.73. The van der Waals surface area contributed by atoms with Crippen molar-refractivity contribution in [3.63, 3.8) is 0 Å². The molecular formula is C15H22O2. The molecule has 2 aliphatic carbocycles. The van der Waals surface area contributed by atoms with Crippen molar-refractivity contribution in [3.8, 4) is 0 Å². The summed E-state index contributed by atoms with van der Waals surface area (Å²) in [5.74, 6) is 0.925. The van der Waals surface area contributed by atoms with Crippen molar-refractivity contribution in [3.05, 3.63) is 22.8 Å². The Hall–Kier alpha value is -1.05. The van der Waals surface area contributed by atoms with Crippen LogP contribution in [0.15, 0.2) is 22.8 Å². The fraction of sp³-hybridized carbons (Fsp3) is 0.667. The van der Waals surface area contributed by atoms with Crippen LogP contribution in [0.2, 0.25) is 0 Å². The molecule has 2 heteroatoms. The van der Waals surface area contributed by atoms with E-state index < -0.39 is 5.97 Å². The first-order valence-electron chi connectivity index (χ1n) is 6.63. The predicted molar refractivity (Wildman–Crippen MR) is 68.7 cm³/mol. The molecule has 0 aromatic heterocycles. The summed E-state index contributed by atoms with van der Waals surface area (Å²) in [5.41, 5.74) is 3.66. The summed E-state index contributed by atoms with van der Waals surface area (Å²) in [4.78, 5) is 11.1. The zero-order chi connectivity index (χ0) is 12.6. The van der Waals surface area contributed by atoms with Crippen LogP contribution in [-0.2, 0) is 4.79 Å². The molecule has 0 saturated heterocycles. The summed E-state index contributed by atoms with van der Waals surface area (Å²) < 4.78 is 0. The fourth-order valence-corrected chi connectivity index (χ4v) is 3.37. The molecule has 2 rings (SSSR count). The van der Waals surface area contributed by atoms with Crippen LogP contribution in [-0.4, -0.2) is 11.1 Å². The molecule has 17 heavy (non-hydrogen) atoms. The molecule has 0 amide bonds. The van der Waals surface area contributed by atoms with Crippen LogP contribution in [0.4, 0.5) is 0 Å². The second-order valence-corrected chi connectivity index (χ2v) is 5.77. The van der Waals surface area contributed by atoms with E-state index in [1.165, 1.54) is 24.0 Å². The van der Waals surface area contributed by atoms with E-state index in [1.54, 1.807) is 0 Å². The van der Waals surface area contributed by atoms with Gasteiger partial charge < -0.3 is 5.11 Å². The van der Waals surface area contributed by atoms with Gasteiger partial charge in [-0.05, 0) is 44.4 Å². The molecule has 0 aliphatic heterocycles. The van der Waals surface area contributed by atoms with E-state index >= 15 is 0 Å². The molecule has 0 saturated carbocycles. The van der Waals surface area contributed by atoms with Crippen LogP contribution in [0, 0.1) is 17.8 Å². The first-order valence-corrected chi connectivity index (χ1v) is 6.63. The Kier molecular flexibility index (Phi) is 3.41. The highest BCUT2D eigenvalue weighted by Gasteiger charge is 2.33. The lowest BCUT2D eigenvalue weighted by Crippen LogP contribution is -2.28. The smallest absolute Gasteiger partial charge is 0.331 e. The van der Waals surface area contributed by atoms with Gasteiger partial charge in [-0.1, -0.05) is 31.1 Å². The summed E-state index contributed by atoms with van der Waals surface area (Å²) >= 11 is 0. The zero-order valence-corrected chi connectivity index (χ0v) is 11.0. The molecule has 1 N–H and O–H groups in total. The lowest BCUT2D eigenvalue weighted by Gasteiger charge is -2.38. The van der Waals surface area contributed by atoms with Crippen molar-refractivity contribution in [2.75, 3.05) is 0 Å². The average molecular weight is 234 g/mol. The van der Waals surface area contributed by atoms with Gasteiger partial charge in [0.25, 0.3) is 0 Å². The Morgan fingerprint density at radius 3 is 2.65 bits per heavy atom. The first-order chi connectivity index (χ1) is 8.00. The second-order valence-electron chi connectivity index (χ2n) is 5.77. The fourth-order valence-electron chi connectivity index (χ4n) is 3.37. The maximum Gasteiger partial charge on any atom is 0.331 e. The normalized spacial score (nSPS) is 29.1. The minimum absolute atomic E-state index is 0.392.